The van der Waals surface area contributed by atoms with Crippen LogP contribution in [0.25, 0.3) is 11.3 Å². The molecule has 1 saturated carbocycles. The SMILES string of the molecule is CC1(C)[C@H]2CC[C@]1([C@H]1CCCN(C(=O)c3c[nH]c(=O)cn3)C1)c1nnc(-c3c(F)cccc3F)cc12. The minimum Gasteiger partial charge on any atom is -0.337 e. The number of aromatic nitrogens is 4. The number of carbonyl (C=O) groups excluding carboxylic acids is 1. The lowest BCUT2D eigenvalue weighted by Gasteiger charge is -2.48. The van der Waals surface area contributed by atoms with E-state index in [0.717, 1.165) is 43.1 Å². The molecule has 2 aliphatic carbocycles. The van der Waals surface area contributed by atoms with Crippen molar-refractivity contribution in [1.29, 1.82) is 0 Å². The molecule has 3 atom stereocenters. The Kier molecular flexibility index (Phi) is 5.10. The van der Waals surface area contributed by atoms with Crippen LogP contribution < -0.4 is 5.56 Å². The van der Waals surface area contributed by atoms with Crippen molar-refractivity contribution in [2.45, 2.75) is 50.9 Å². The Balaban J connectivity index is 1.38. The number of halogens is 2. The second-order valence-corrected chi connectivity index (χ2v) is 10.8. The highest BCUT2D eigenvalue weighted by atomic mass is 19.1. The van der Waals surface area contributed by atoms with Gasteiger partial charge in [0.05, 0.1) is 23.1 Å². The molecule has 1 N–H and O–H groups in total. The molecule has 3 aromatic rings. The largest absolute Gasteiger partial charge is 0.337 e. The van der Waals surface area contributed by atoms with Crippen molar-refractivity contribution in [3.8, 4) is 11.3 Å². The predicted molar refractivity (Wildman–Crippen MR) is 128 cm³/mol. The standard InChI is InChI=1S/C27H27F2N5O2/c1-26(2)17-8-9-27(26,15-5-4-10-34(14-15)25(36)21-12-31-22(35)13-30-21)24-16(17)11-20(32-33-24)23-18(28)6-3-7-19(23)29/h3,6-7,11-13,15,17H,4-5,8-10,14H2,1-2H3,(H,31,35)/t15-,17-,27-/m0/s1. The Labute approximate surface area is 207 Å². The third kappa shape index (κ3) is 3.10. The van der Waals surface area contributed by atoms with Gasteiger partial charge < -0.3 is 9.88 Å². The molecule has 3 heterocycles. The summed E-state index contributed by atoms with van der Waals surface area (Å²) < 4.78 is 29.0. The molecule has 1 aromatic carbocycles. The van der Waals surface area contributed by atoms with Gasteiger partial charge in [-0.2, -0.15) is 10.2 Å². The lowest BCUT2D eigenvalue weighted by molar-refractivity contribution is 0.0419. The zero-order chi connectivity index (χ0) is 25.2. The van der Waals surface area contributed by atoms with Gasteiger partial charge in [-0.25, -0.2) is 13.8 Å². The van der Waals surface area contributed by atoms with Crippen molar-refractivity contribution < 1.29 is 13.6 Å². The number of hydrogen-bond donors (Lipinski definition) is 1. The fraction of sp³-hybridized carbons (Fsp3) is 0.444. The van der Waals surface area contributed by atoms with E-state index < -0.39 is 11.6 Å². The number of rotatable bonds is 3. The summed E-state index contributed by atoms with van der Waals surface area (Å²) in [6.45, 7) is 5.68. The van der Waals surface area contributed by atoms with Gasteiger partial charge in [0.1, 0.15) is 17.3 Å². The molecule has 9 heteroatoms. The molecule has 6 rings (SSSR count). The molecular formula is C27H27F2N5O2. The minimum absolute atomic E-state index is 0.148. The van der Waals surface area contributed by atoms with E-state index in [9.17, 15) is 18.4 Å². The lowest BCUT2D eigenvalue weighted by Crippen LogP contribution is -2.51. The molecule has 0 spiro atoms. The maximum absolute atomic E-state index is 14.5. The van der Waals surface area contributed by atoms with Crippen molar-refractivity contribution >= 4 is 5.91 Å². The molecule has 186 valence electrons. The molecular weight excluding hydrogens is 464 g/mol. The van der Waals surface area contributed by atoms with Gasteiger partial charge in [-0.05, 0) is 66.7 Å². The van der Waals surface area contributed by atoms with Crippen LogP contribution in [0, 0.1) is 23.0 Å². The Morgan fingerprint density at radius 1 is 1.17 bits per heavy atom. The summed E-state index contributed by atoms with van der Waals surface area (Å²) in [5.74, 6) is -1.15. The average molecular weight is 492 g/mol. The second-order valence-electron chi connectivity index (χ2n) is 10.8. The van der Waals surface area contributed by atoms with Gasteiger partial charge in [-0.3, -0.25) is 9.59 Å². The Morgan fingerprint density at radius 2 is 1.94 bits per heavy atom. The van der Waals surface area contributed by atoms with E-state index in [2.05, 4.69) is 34.0 Å². The lowest BCUT2D eigenvalue weighted by atomic mass is 9.59. The zero-order valence-electron chi connectivity index (χ0n) is 20.2. The topological polar surface area (TPSA) is 91.8 Å². The van der Waals surface area contributed by atoms with Crippen LogP contribution in [-0.2, 0) is 5.41 Å². The molecule has 36 heavy (non-hydrogen) atoms. The van der Waals surface area contributed by atoms with Crippen molar-refractivity contribution in [3.63, 3.8) is 0 Å². The quantitative estimate of drug-likeness (QED) is 0.593. The van der Waals surface area contributed by atoms with Crippen molar-refractivity contribution in [3.05, 3.63) is 75.6 Å². The zero-order valence-corrected chi connectivity index (χ0v) is 20.2. The Morgan fingerprint density at radius 3 is 2.67 bits per heavy atom. The van der Waals surface area contributed by atoms with Crippen LogP contribution in [0.15, 0.2) is 41.5 Å². The fourth-order valence-corrected chi connectivity index (χ4v) is 7.33. The molecule has 2 fully saturated rings. The Hall–Kier alpha value is -3.49. The monoisotopic (exact) mass is 491 g/mol. The number of piperidine rings is 1. The Bertz CT molecular complexity index is 1400. The maximum atomic E-state index is 14.5. The number of fused-ring (bicyclic) bond motifs is 5. The van der Waals surface area contributed by atoms with Gasteiger partial charge in [-0.1, -0.05) is 19.9 Å². The molecule has 0 radical (unpaired) electrons. The van der Waals surface area contributed by atoms with Crippen molar-refractivity contribution in [1.82, 2.24) is 25.1 Å². The van der Waals surface area contributed by atoms with Crippen LogP contribution >= 0.6 is 0 Å². The normalized spacial score (nSPS) is 26.2. The van der Waals surface area contributed by atoms with Crippen LogP contribution in [0.5, 0.6) is 0 Å². The van der Waals surface area contributed by atoms with E-state index in [1.54, 1.807) is 0 Å². The highest BCUT2D eigenvalue weighted by Gasteiger charge is 2.66. The van der Waals surface area contributed by atoms with Gasteiger partial charge in [0.15, 0.2) is 0 Å². The van der Waals surface area contributed by atoms with E-state index in [1.807, 2.05) is 11.0 Å². The van der Waals surface area contributed by atoms with Gasteiger partial charge in [0.2, 0.25) is 0 Å². The summed E-state index contributed by atoms with van der Waals surface area (Å²) >= 11 is 0. The number of nitrogens with zero attached hydrogens (tertiary/aromatic N) is 4. The number of benzene rings is 1. The molecule has 2 bridgehead atoms. The van der Waals surface area contributed by atoms with Gasteiger partial charge in [-0.15, -0.1) is 0 Å². The predicted octanol–water partition coefficient (Wildman–Crippen LogP) is 4.21. The van der Waals surface area contributed by atoms with Crippen molar-refractivity contribution in [2.24, 2.45) is 11.3 Å². The first kappa shape index (κ1) is 22.9. The van der Waals surface area contributed by atoms with E-state index >= 15 is 0 Å². The number of amides is 1. The third-order valence-electron chi connectivity index (χ3n) is 8.99. The second kappa shape index (κ2) is 8.01. The fourth-order valence-electron chi connectivity index (χ4n) is 7.33. The van der Waals surface area contributed by atoms with Gasteiger partial charge >= 0.3 is 0 Å². The summed E-state index contributed by atoms with van der Waals surface area (Å²) in [5, 5.41) is 8.96. The molecule has 0 unspecified atom stereocenters. The highest BCUT2D eigenvalue weighted by Crippen LogP contribution is 2.70. The number of H-pyrrole nitrogens is 1. The molecule has 3 aliphatic rings. The number of hydrogen-bond acceptors (Lipinski definition) is 5. The molecule has 1 amide bonds. The summed E-state index contributed by atoms with van der Waals surface area (Å²) in [7, 11) is 0. The first-order valence-corrected chi connectivity index (χ1v) is 12.4. The minimum atomic E-state index is -0.654. The van der Waals surface area contributed by atoms with Crippen LogP contribution in [-0.4, -0.2) is 44.1 Å². The van der Waals surface area contributed by atoms with E-state index in [1.165, 1.54) is 24.4 Å². The highest BCUT2D eigenvalue weighted by molar-refractivity contribution is 5.92. The summed E-state index contributed by atoms with van der Waals surface area (Å²) in [4.78, 5) is 32.9. The number of likely N-dealkylation sites (tertiary alicyclic amines) is 1. The first-order chi connectivity index (χ1) is 17.2. The smallest absolute Gasteiger partial charge is 0.273 e. The molecule has 1 aliphatic heterocycles. The molecule has 7 nitrogen and oxygen atoms in total. The maximum Gasteiger partial charge on any atom is 0.273 e. The van der Waals surface area contributed by atoms with Gasteiger partial charge in [0.25, 0.3) is 11.5 Å². The number of carbonyl (C=O) groups is 1. The summed E-state index contributed by atoms with van der Waals surface area (Å²) in [5.41, 5.74) is 1.43. The van der Waals surface area contributed by atoms with Crippen LogP contribution in [0.3, 0.4) is 0 Å². The van der Waals surface area contributed by atoms with E-state index in [4.69, 9.17) is 0 Å². The number of aromatic amines is 1. The summed E-state index contributed by atoms with van der Waals surface area (Å²) in [6.07, 6.45) is 6.17. The van der Waals surface area contributed by atoms with E-state index in [0.29, 0.717) is 13.1 Å². The van der Waals surface area contributed by atoms with Crippen LogP contribution in [0.2, 0.25) is 0 Å². The first-order valence-electron chi connectivity index (χ1n) is 12.4. The third-order valence-corrected chi connectivity index (χ3v) is 8.99. The summed E-state index contributed by atoms with van der Waals surface area (Å²) in [6, 6.07) is 5.63. The number of nitrogens with one attached hydrogen (secondary N) is 1. The average Bonchev–Trinajstić information content (AvgIpc) is 3.25. The molecule has 1 saturated heterocycles. The van der Waals surface area contributed by atoms with E-state index in [-0.39, 0.29) is 51.1 Å². The van der Waals surface area contributed by atoms with Crippen molar-refractivity contribution in [2.75, 3.05) is 13.1 Å². The van der Waals surface area contributed by atoms with Gasteiger partial charge in [0, 0.05) is 24.7 Å². The molecule has 2 aromatic heterocycles. The van der Waals surface area contributed by atoms with Crippen LogP contribution in [0.1, 0.15) is 67.2 Å². The van der Waals surface area contributed by atoms with Crippen LogP contribution in [0.4, 0.5) is 8.78 Å².